The van der Waals surface area contributed by atoms with Gasteiger partial charge in [-0.05, 0) is 13.8 Å². The van der Waals surface area contributed by atoms with E-state index in [0.717, 1.165) is 5.57 Å². The Morgan fingerprint density at radius 3 is 2.76 bits per heavy atom. The maximum Gasteiger partial charge on any atom is 0.304 e. The lowest BCUT2D eigenvalue weighted by molar-refractivity contribution is -0.383. The molecule has 1 rings (SSSR count). The van der Waals surface area contributed by atoms with Crippen LogP contribution in [0.3, 0.4) is 0 Å². The molecule has 1 aromatic heterocycles. The normalized spacial score (nSPS) is 12.2. The largest absolute Gasteiger partial charge is 0.388 e. The topological polar surface area (TPSA) is 66.6 Å². The number of nitro groups is 1. The van der Waals surface area contributed by atoms with E-state index in [4.69, 9.17) is 0 Å². The Labute approximate surface area is 104 Å². The molecule has 0 spiro atoms. The van der Waals surface area contributed by atoms with Crippen LogP contribution in [0.2, 0.25) is 0 Å². The van der Waals surface area contributed by atoms with Gasteiger partial charge in [0.2, 0.25) is 0 Å². The molecule has 0 aliphatic rings. The van der Waals surface area contributed by atoms with E-state index in [0.29, 0.717) is 16.4 Å². The zero-order valence-corrected chi connectivity index (χ0v) is 11.0. The van der Waals surface area contributed by atoms with Crippen molar-refractivity contribution in [3.8, 4) is 0 Å². The van der Waals surface area contributed by atoms with Crippen molar-refractivity contribution < 1.29 is 10.0 Å². The number of thiophene rings is 1. The quantitative estimate of drug-likeness (QED) is 0.499. The lowest BCUT2D eigenvalue weighted by Crippen LogP contribution is -2.18. The molecule has 5 nitrogen and oxygen atoms in total. The molecule has 0 aromatic carbocycles. The Morgan fingerprint density at radius 2 is 2.35 bits per heavy atom. The number of rotatable bonds is 5. The maximum absolute atomic E-state index is 10.9. The molecule has 0 aliphatic carbocycles. The molecule has 6 heteroatoms. The van der Waals surface area contributed by atoms with Crippen LogP contribution in [-0.2, 0) is 0 Å². The monoisotopic (exact) mass is 256 g/mol. The SMILES string of the molecule is C=C(C)CN(C)c1sc(C(C)O)cc1[N+](=O)[O-]. The van der Waals surface area contributed by atoms with Crippen LogP contribution in [0.1, 0.15) is 24.8 Å². The molecule has 1 N–H and O–H groups in total. The molecule has 1 aromatic rings. The van der Waals surface area contributed by atoms with Gasteiger partial charge in [-0.3, -0.25) is 10.1 Å². The van der Waals surface area contributed by atoms with Crippen molar-refractivity contribution in [1.29, 1.82) is 0 Å². The fourth-order valence-corrected chi connectivity index (χ4v) is 2.50. The fourth-order valence-electron chi connectivity index (χ4n) is 1.48. The number of likely N-dealkylation sites (N-methyl/N-ethyl adjacent to an activating group) is 1. The predicted octanol–water partition coefficient (Wildman–Crippen LogP) is 2.72. The molecule has 0 fully saturated rings. The van der Waals surface area contributed by atoms with Crippen LogP contribution in [0.15, 0.2) is 18.2 Å². The van der Waals surface area contributed by atoms with Gasteiger partial charge < -0.3 is 10.0 Å². The van der Waals surface area contributed by atoms with Gasteiger partial charge in [-0.2, -0.15) is 0 Å². The number of hydrogen-bond acceptors (Lipinski definition) is 5. The van der Waals surface area contributed by atoms with Crippen LogP contribution in [0, 0.1) is 10.1 Å². The zero-order valence-electron chi connectivity index (χ0n) is 10.1. The Kier molecular flexibility index (Phi) is 4.25. The second kappa shape index (κ2) is 5.29. The standard InChI is InChI=1S/C11H16N2O3S/c1-7(2)6-12(4)11-9(13(15)16)5-10(17-11)8(3)14/h5,8,14H,1,6H2,2-4H3. The Morgan fingerprint density at radius 1 is 1.76 bits per heavy atom. The highest BCUT2D eigenvalue weighted by molar-refractivity contribution is 7.16. The molecule has 1 unspecified atom stereocenters. The van der Waals surface area contributed by atoms with Gasteiger partial charge in [0.25, 0.3) is 0 Å². The summed E-state index contributed by atoms with van der Waals surface area (Å²) in [6.07, 6.45) is -0.689. The van der Waals surface area contributed by atoms with Crippen LogP contribution in [-0.4, -0.2) is 23.6 Å². The van der Waals surface area contributed by atoms with Crippen LogP contribution >= 0.6 is 11.3 Å². The molecular weight excluding hydrogens is 240 g/mol. The molecule has 0 amide bonds. The van der Waals surface area contributed by atoms with Gasteiger partial charge in [-0.25, -0.2) is 0 Å². The van der Waals surface area contributed by atoms with E-state index in [1.54, 1.807) is 18.9 Å². The van der Waals surface area contributed by atoms with Gasteiger partial charge >= 0.3 is 5.69 Å². The summed E-state index contributed by atoms with van der Waals surface area (Å²) in [4.78, 5) is 12.9. The smallest absolute Gasteiger partial charge is 0.304 e. The summed E-state index contributed by atoms with van der Waals surface area (Å²) in [6.45, 7) is 7.80. The molecule has 17 heavy (non-hydrogen) atoms. The number of hydrogen-bond donors (Lipinski definition) is 1. The first-order valence-corrected chi connectivity index (χ1v) is 5.96. The highest BCUT2D eigenvalue weighted by Crippen LogP contribution is 2.39. The summed E-state index contributed by atoms with van der Waals surface area (Å²) in [5.41, 5.74) is 0.962. The third-order valence-electron chi connectivity index (χ3n) is 2.17. The Hall–Kier alpha value is -1.40. The molecule has 0 saturated heterocycles. The third kappa shape index (κ3) is 3.28. The highest BCUT2D eigenvalue weighted by atomic mass is 32.1. The van der Waals surface area contributed by atoms with Crippen LogP contribution in [0.25, 0.3) is 0 Å². The number of anilines is 1. The summed E-state index contributed by atoms with van der Waals surface area (Å²) in [5.74, 6) is 0. The van der Waals surface area contributed by atoms with Crippen molar-refractivity contribution in [3.05, 3.63) is 33.2 Å². The van der Waals surface area contributed by atoms with E-state index >= 15 is 0 Å². The van der Waals surface area contributed by atoms with Crippen molar-refractivity contribution in [2.75, 3.05) is 18.5 Å². The molecule has 1 heterocycles. The van der Waals surface area contributed by atoms with E-state index in [1.807, 2.05) is 6.92 Å². The molecule has 1 atom stereocenters. The average molecular weight is 256 g/mol. The Balaban J connectivity index is 3.11. The van der Waals surface area contributed by atoms with Crippen molar-refractivity contribution in [2.24, 2.45) is 0 Å². The number of aliphatic hydroxyl groups is 1. The lowest BCUT2D eigenvalue weighted by atomic mass is 10.3. The first-order valence-electron chi connectivity index (χ1n) is 5.14. The molecule has 0 radical (unpaired) electrons. The van der Waals surface area contributed by atoms with Crippen LogP contribution in [0.4, 0.5) is 10.7 Å². The molecule has 0 bridgehead atoms. The molecule has 0 saturated carbocycles. The molecule has 94 valence electrons. The summed E-state index contributed by atoms with van der Waals surface area (Å²) in [5, 5.41) is 20.9. The molecular formula is C11H16N2O3S. The number of aliphatic hydroxyl groups excluding tert-OH is 1. The van der Waals surface area contributed by atoms with Gasteiger partial charge in [0.15, 0.2) is 5.00 Å². The second-order valence-corrected chi connectivity index (χ2v) is 5.15. The highest BCUT2D eigenvalue weighted by Gasteiger charge is 2.23. The summed E-state index contributed by atoms with van der Waals surface area (Å²) in [6, 6.07) is 1.43. The minimum Gasteiger partial charge on any atom is -0.388 e. The van der Waals surface area contributed by atoms with E-state index in [2.05, 4.69) is 6.58 Å². The van der Waals surface area contributed by atoms with Crippen molar-refractivity contribution >= 4 is 22.0 Å². The van der Waals surface area contributed by atoms with Crippen molar-refractivity contribution in [2.45, 2.75) is 20.0 Å². The zero-order chi connectivity index (χ0) is 13.2. The average Bonchev–Trinajstić information content (AvgIpc) is 2.60. The minimum absolute atomic E-state index is 0.0367. The number of nitrogens with zero attached hydrogens (tertiary/aromatic N) is 2. The van der Waals surface area contributed by atoms with Crippen LogP contribution in [0.5, 0.6) is 0 Å². The second-order valence-electron chi connectivity index (χ2n) is 4.09. The van der Waals surface area contributed by atoms with E-state index in [9.17, 15) is 15.2 Å². The third-order valence-corrected chi connectivity index (χ3v) is 3.58. The predicted molar refractivity (Wildman–Crippen MR) is 69.7 cm³/mol. The van der Waals surface area contributed by atoms with E-state index in [-0.39, 0.29) is 5.69 Å². The van der Waals surface area contributed by atoms with Crippen molar-refractivity contribution in [1.82, 2.24) is 0 Å². The van der Waals surface area contributed by atoms with E-state index < -0.39 is 11.0 Å². The maximum atomic E-state index is 10.9. The van der Waals surface area contributed by atoms with Crippen molar-refractivity contribution in [3.63, 3.8) is 0 Å². The van der Waals surface area contributed by atoms with Gasteiger partial charge in [-0.15, -0.1) is 11.3 Å². The molecule has 0 aliphatic heterocycles. The minimum atomic E-state index is -0.689. The lowest BCUT2D eigenvalue weighted by Gasteiger charge is -2.16. The summed E-state index contributed by atoms with van der Waals surface area (Å²) in [7, 11) is 1.78. The first-order chi connectivity index (χ1) is 7.82. The fraction of sp³-hybridized carbons (Fsp3) is 0.455. The summed E-state index contributed by atoms with van der Waals surface area (Å²) < 4.78 is 0. The summed E-state index contributed by atoms with van der Waals surface area (Å²) >= 11 is 1.24. The van der Waals surface area contributed by atoms with Crippen LogP contribution < -0.4 is 4.90 Å². The van der Waals surface area contributed by atoms with Gasteiger partial charge in [0.05, 0.1) is 11.0 Å². The van der Waals surface area contributed by atoms with Gasteiger partial charge in [0.1, 0.15) is 0 Å². The van der Waals surface area contributed by atoms with Gasteiger partial charge in [-0.1, -0.05) is 12.2 Å². The Bertz CT molecular complexity index is 440. The van der Waals surface area contributed by atoms with E-state index in [1.165, 1.54) is 17.4 Å². The van der Waals surface area contributed by atoms with Gasteiger partial charge in [0, 0.05) is 24.5 Å². The first kappa shape index (κ1) is 13.7.